The first kappa shape index (κ1) is 17.3. The quantitative estimate of drug-likeness (QED) is 0.593. The van der Waals surface area contributed by atoms with Crippen molar-refractivity contribution in [3.8, 4) is 17.2 Å². The SMILES string of the molecule is COc1ccc(C=CC(=O)O)c(OCCOc2ccc(F)cc2)c1. The van der Waals surface area contributed by atoms with Crippen LogP contribution in [-0.4, -0.2) is 31.4 Å². The molecule has 0 heterocycles. The van der Waals surface area contributed by atoms with Gasteiger partial charge in [0.2, 0.25) is 0 Å². The number of carbonyl (C=O) groups is 1. The van der Waals surface area contributed by atoms with Crippen LogP contribution >= 0.6 is 0 Å². The molecule has 6 heteroatoms. The van der Waals surface area contributed by atoms with E-state index < -0.39 is 5.97 Å². The van der Waals surface area contributed by atoms with Crippen molar-refractivity contribution in [2.45, 2.75) is 0 Å². The van der Waals surface area contributed by atoms with Gasteiger partial charge in [-0.25, -0.2) is 9.18 Å². The molecule has 0 amide bonds. The number of benzene rings is 2. The molecular formula is C18H17FO5. The molecule has 5 nitrogen and oxygen atoms in total. The minimum absolute atomic E-state index is 0.235. The van der Waals surface area contributed by atoms with Gasteiger partial charge in [-0.15, -0.1) is 0 Å². The van der Waals surface area contributed by atoms with Gasteiger partial charge in [-0.2, -0.15) is 0 Å². The number of ether oxygens (including phenoxy) is 3. The Balaban J connectivity index is 1.96. The van der Waals surface area contributed by atoms with Crippen LogP contribution in [0.5, 0.6) is 17.2 Å². The van der Waals surface area contributed by atoms with E-state index in [2.05, 4.69) is 0 Å². The fourth-order valence-corrected chi connectivity index (χ4v) is 1.91. The van der Waals surface area contributed by atoms with Gasteiger partial charge in [0.05, 0.1) is 7.11 Å². The molecule has 0 unspecified atom stereocenters. The van der Waals surface area contributed by atoms with E-state index in [1.54, 1.807) is 18.2 Å². The van der Waals surface area contributed by atoms with E-state index in [1.807, 2.05) is 0 Å². The zero-order valence-electron chi connectivity index (χ0n) is 13.1. The Hall–Kier alpha value is -3.02. The average Bonchev–Trinajstić information content (AvgIpc) is 2.58. The Morgan fingerprint density at radius 3 is 2.42 bits per heavy atom. The Bertz CT molecular complexity index is 710. The van der Waals surface area contributed by atoms with Crippen molar-refractivity contribution < 1.29 is 28.5 Å². The van der Waals surface area contributed by atoms with Gasteiger partial charge < -0.3 is 19.3 Å². The average molecular weight is 332 g/mol. The van der Waals surface area contributed by atoms with E-state index in [9.17, 15) is 9.18 Å². The number of methoxy groups -OCH3 is 1. The number of halogens is 1. The number of hydrogen-bond acceptors (Lipinski definition) is 4. The van der Waals surface area contributed by atoms with E-state index in [0.29, 0.717) is 22.8 Å². The maximum Gasteiger partial charge on any atom is 0.328 e. The molecule has 0 radical (unpaired) electrons. The minimum atomic E-state index is -1.04. The maximum absolute atomic E-state index is 12.8. The topological polar surface area (TPSA) is 65.0 Å². The molecule has 0 bridgehead atoms. The summed E-state index contributed by atoms with van der Waals surface area (Å²) in [5.74, 6) is 0.240. The molecule has 0 saturated heterocycles. The minimum Gasteiger partial charge on any atom is -0.497 e. The predicted molar refractivity (Wildman–Crippen MR) is 87.1 cm³/mol. The van der Waals surface area contributed by atoms with Crippen LogP contribution in [0, 0.1) is 5.82 Å². The van der Waals surface area contributed by atoms with Gasteiger partial charge in [-0.05, 0) is 42.5 Å². The predicted octanol–water partition coefficient (Wildman–Crippen LogP) is 3.39. The van der Waals surface area contributed by atoms with Crippen LogP contribution in [0.15, 0.2) is 48.5 Å². The Morgan fingerprint density at radius 2 is 1.75 bits per heavy atom. The molecule has 0 saturated carbocycles. The molecule has 0 aliphatic rings. The Morgan fingerprint density at radius 1 is 1.08 bits per heavy atom. The van der Waals surface area contributed by atoms with E-state index in [0.717, 1.165) is 6.08 Å². The first-order valence-corrected chi connectivity index (χ1v) is 7.18. The molecule has 0 atom stereocenters. The molecule has 0 spiro atoms. The standard InChI is InChI=1S/C18H17FO5/c1-22-16-6-2-13(3-9-18(20)21)17(12-16)24-11-10-23-15-7-4-14(19)5-8-15/h2-9,12H,10-11H2,1H3,(H,20,21). The molecular weight excluding hydrogens is 315 g/mol. The number of rotatable bonds is 8. The highest BCUT2D eigenvalue weighted by Gasteiger charge is 2.05. The highest BCUT2D eigenvalue weighted by atomic mass is 19.1. The normalized spacial score (nSPS) is 10.6. The van der Waals surface area contributed by atoms with Crippen LogP contribution in [0.3, 0.4) is 0 Å². The zero-order chi connectivity index (χ0) is 17.4. The van der Waals surface area contributed by atoms with Crippen molar-refractivity contribution in [1.29, 1.82) is 0 Å². The van der Waals surface area contributed by atoms with Crippen molar-refractivity contribution in [2.24, 2.45) is 0 Å². The Labute approximate surface area is 138 Å². The fraction of sp³-hybridized carbons (Fsp3) is 0.167. The lowest BCUT2D eigenvalue weighted by molar-refractivity contribution is -0.131. The van der Waals surface area contributed by atoms with E-state index in [-0.39, 0.29) is 19.0 Å². The lowest BCUT2D eigenvalue weighted by Gasteiger charge is -2.12. The van der Waals surface area contributed by atoms with Crippen molar-refractivity contribution >= 4 is 12.0 Å². The molecule has 0 aromatic heterocycles. The lowest BCUT2D eigenvalue weighted by Crippen LogP contribution is -2.09. The maximum atomic E-state index is 12.8. The number of carboxylic acids is 1. The second kappa shape index (κ2) is 8.57. The molecule has 2 aromatic carbocycles. The van der Waals surface area contributed by atoms with Gasteiger partial charge in [0.25, 0.3) is 0 Å². The van der Waals surface area contributed by atoms with Gasteiger partial charge in [0, 0.05) is 17.7 Å². The smallest absolute Gasteiger partial charge is 0.328 e. The second-order valence-electron chi connectivity index (χ2n) is 4.73. The van der Waals surface area contributed by atoms with Crippen LogP contribution in [0.1, 0.15) is 5.56 Å². The second-order valence-corrected chi connectivity index (χ2v) is 4.73. The van der Waals surface area contributed by atoms with Crippen molar-refractivity contribution in [3.63, 3.8) is 0 Å². The summed E-state index contributed by atoms with van der Waals surface area (Å²) in [4.78, 5) is 10.6. The summed E-state index contributed by atoms with van der Waals surface area (Å²) in [6, 6.07) is 10.8. The van der Waals surface area contributed by atoms with Gasteiger partial charge in [0.15, 0.2) is 0 Å². The summed E-state index contributed by atoms with van der Waals surface area (Å²) in [6.45, 7) is 0.489. The number of carboxylic acid groups (broad SMARTS) is 1. The summed E-state index contributed by atoms with van der Waals surface area (Å²) in [7, 11) is 1.53. The van der Waals surface area contributed by atoms with Gasteiger partial charge in [-0.3, -0.25) is 0 Å². The summed E-state index contributed by atoms with van der Waals surface area (Å²) in [5, 5.41) is 8.73. The first-order valence-electron chi connectivity index (χ1n) is 7.18. The van der Waals surface area contributed by atoms with Crippen molar-refractivity contribution in [1.82, 2.24) is 0 Å². The van der Waals surface area contributed by atoms with Gasteiger partial charge in [-0.1, -0.05) is 0 Å². The van der Waals surface area contributed by atoms with Crippen LogP contribution in [0.2, 0.25) is 0 Å². The van der Waals surface area contributed by atoms with Crippen LogP contribution in [-0.2, 0) is 4.79 Å². The van der Waals surface area contributed by atoms with E-state index >= 15 is 0 Å². The molecule has 0 fully saturated rings. The van der Waals surface area contributed by atoms with Gasteiger partial charge in [0.1, 0.15) is 36.3 Å². The molecule has 2 rings (SSSR count). The first-order chi connectivity index (χ1) is 11.6. The molecule has 1 N–H and O–H groups in total. The third-order valence-corrected chi connectivity index (χ3v) is 3.05. The summed E-state index contributed by atoms with van der Waals surface area (Å²) in [6.07, 6.45) is 2.47. The summed E-state index contributed by atoms with van der Waals surface area (Å²) >= 11 is 0. The molecule has 0 aliphatic heterocycles. The van der Waals surface area contributed by atoms with Crippen molar-refractivity contribution in [3.05, 3.63) is 59.9 Å². The van der Waals surface area contributed by atoms with Crippen LogP contribution in [0.25, 0.3) is 6.08 Å². The summed E-state index contributed by atoms with van der Waals surface area (Å²) in [5.41, 5.74) is 0.611. The zero-order valence-corrected chi connectivity index (χ0v) is 13.1. The van der Waals surface area contributed by atoms with Crippen molar-refractivity contribution in [2.75, 3.05) is 20.3 Å². The largest absolute Gasteiger partial charge is 0.497 e. The molecule has 126 valence electrons. The highest BCUT2D eigenvalue weighted by molar-refractivity contribution is 5.86. The fourth-order valence-electron chi connectivity index (χ4n) is 1.91. The third-order valence-electron chi connectivity index (χ3n) is 3.05. The number of aliphatic carboxylic acids is 1. The van der Waals surface area contributed by atoms with Crippen LogP contribution < -0.4 is 14.2 Å². The van der Waals surface area contributed by atoms with Gasteiger partial charge >= 0.3 is 5.97 Å². The third kappa shape index (κ3) is 5.31. The van der Waals surface area contributed by atoms with E-state index in [1.165, 1.54) is 37.5 Å². The number of hydrogen-bond donors (Lipinski definition) is 1. The van der Waals surface area contributed by atoms with E-state index in [4.69, 9.17) is 19.3 Å². The molecule has 2 aromatic rings. The molecule has 0 aliphatic carbocycles. The molecule has 24 heavy (non-hydrogen) atoms. The summed E-state index contributed by atoms with van der Waals surface area (Å²) < 4.78 is 29.0. The highest BCUT2D eigenvalue weighted by Crippen LogP contribution is 2.26. The Kier molecular flexibility index (Phi) is 6.19. The lowest BCUT2D eigenvalue weighted by atomic mass is 10.1. The monoisotopic (exact) mass is 332 g/mol. The van der Waals surface area contributed by atoms with Crippen LogP contribution in [0.4, 0.5) is 4.39 Å².